The Kier molecular flexibility index (Phi) is 2.83. The number of aromatic nitrogens is 1. The first-order chi connectivity index (χ1) is 7.76. The second-order valence-electron chi connectivity index (χ2n) is 3.54. The van der Waals surface area contributed by atoms with Crippen molar-refractivity contribution in [1.29, 1.82) is 0 Å². The molecular formula is C12H14N4. The number of rotatable bonds is 1. The Morgan fingerprint density at radius 2 is 2.12 bits per heavy atom. The smallest absolute Gasteiger partial charge is 0.142 e. The molecule has 0 amide bonds. The minimum Gasteiger partial charge on any atom is -0.308 e. The van der Waals surface area contributed by atoms with E-state index in [4.69, 9.17) is 5.84 Å². The van der Waals surface area contributed by atoms with Crippen molar-refractivity contribution in [3.05, 3.63) is 41.6 Å². The second kappa shape index (κ2) is 4.28. The lowest BCUT2D eigenvalue weighted by molar-refractivity contribution is 1.02. The van der Waals surface area contributed by atoms with Crippen molar-refractivity contribution in [3.63, 3.8) is 0 Å². The highest BCUT2D eigenvalue weighted by atomic mass is 15.2. The van der Waals surface area contributed by atoms with Gasteiger partial charge in [0.15, 0.2) is 0 Å². The Hall–Kier alpha value is -1.94. The van der Waals surface area contributed by atoms with Crippen LogP contribution in [0.2, 0.25) is 0 Å². The lowest BCUT2D eigenvalue weighted by Crippen LogP contribution is -2.31. The van der Waals surface area contributed by atoms with Gasteiger partial charge in [-0.3, -0.25) is 9.98 Å². The van der Waals surface area contributed by atoms with E-state index in [1.165, 1.54) is 0 Å². The summed E-state index contributed by atoms with van der Waals surface area (Å²) >= 11 is 0. The highest BCUT2D eigenvalue weighted by Crippen LogP contribution is 2.18. The quantitative estimate of drug-likeness (QED) is 0.326. The zero-order valence-corrected chi connectivity index (χ0v) is 9.36. The lowest BCUT2D eigenvalue weighted by Gasteiger charge is -2.09. The van der Waals surface area contributed by atoms with E-state index in [1.54, 1.807) is 7.05 Å². The molecule has 82 valence electrons. The first kappa shape index (κ1) is 10.6. The molecule has 0 radical (unpaired) electrons. The third-order valence-corrected chi connectivity index (χ3v) is 2.46. The van der Waals surface area contributed by atoms with Gasteiger partial charge in [0.05, 0.1) is 5.52 Å². The zero-order chi connectivity index (χ0) is 11.5. The Morgan fingerprint density at radius 3 is 2.81 bits per heavy atom. The van der Waals surface area contributed by atoms with Crippen LogP contribution in [-0.2, 0) is 0 Å². The number of hydrogen-bond acceptors (Lipinski definition) is 3. The Morgan fingerprint density at radius 1 is 1.38 bits per heavy atom. The van der Waals surface area contributed by atoms with E-state index in [2.05, 4.69) is 15.4 Å². The molecule has 0 atom stereocenters. The van der Waals surface area contributed by atoms with Gasteiger partial charge in [-0.2, -0.15) is 0 Å². The SMILES string of the molecule is CN=C(NN)c1cc(C)nc2ccccc12. The number of para-hydroxylation sites is 1. The number of hydrogen-bond donors (Lipinski definition) is 2. The second-order valence-corrected chi connectivity index (χ2v) is 3.54. The van der Waals surface area contributed by atoms with E-state index in [0.717, 1.165) is 22.2 Å². The normalized spacial score (nSPS) is 11.8. The molecule has 0 aliphatic carbocycles. The Balaban J connectivity index is 2.77. The van der Waals surface area contributed by atoms with Gasteiger partial charge >= 0.3 is 0 Å². The van der Waals surface area contributed by atoms with E-state index in [-0.39, 0.29) is 0 Å². The Labute approximate surface area is 94.2 Å². The van der Waals surface area contributed by atoms with Gasteiger partial charge in [-0.05, 0) is 19.1 Å². The number of benzene rings is 1. The summed E-state index contributed by atoms with van der Waals surface area (Å²) in [6.07, 6.45) is 0. The standard InChI is InChI=1S/C12H14N4/c1-8-7-10(12(14-2)16-13)9-5-3-4-6-11(9)15-8/h3-7H,13H2,1-2H3,(H,14,16). The first-order valence-electron chi connectivity index (χ1n) is 5.06. The number of hydrazine groups is 1. The molecule has 4 nitrogen and oxygen atoms in total. The predicted octanol–water partition coefficient (Wildman–Crippen LogP) is 1.38. The van der Waals surface area contributed by atoms with Crippen molar-refractivity contribution < 1.29 is 0 Å². The average Bonchev–Trinajstić information content (AvgIpc) is 2.30. The minimum absolute atomic E-state index is 0.668. The van der Waals surface area contributed by atoms with Crippen LogP contribution in [0.25, 0.3) is 10.9 Å². The maximum atomic E-state index is 5.46. The van der Waals surface area contributed by atoms with Crippen LogP contribution >= 0.6 is 0 Å². The highest BCUT2D eigenvalue weighted by Gasteiger charge is 2.07. The largest absolute Gasteiger partial charge is 0.308 e. The number of aryl methyl sites for hydroxylation is 1. The summed E-state index contributed by atoms with van der Waals surface area (Å²) in [5, 5.41) is 1.05. The van der Waals surface area contributed by atoms with Gasteiger partial charge in [0.25, 0.3) is 0 Å². The van der Waals surface area contributed by atoms with Gasteiger partial charge in [-0.25, -0.2) is 5.84 Å². The summed E-state index contributed by atoms with van der Waals surface area (Å²) in [6, 6.07) is 9.92. The molecule has 2 aromatic rings. The van der Waals surface area contributed by atoms with Gasteiger partial charge in [0.1, 0.15) is 5.84 Å². The molecule has 3 N–H and O–H groups in total. The van der Waals surface area contributed by atoms with Crippen LogP contribution in [0.5, 0.6) is 0 Å². The van der Waals surface area contributed by atoms with E-state index in [9.17, 15) is 0 Å². The van der Waals surface area contributed by atoms with E-state index >= 15 is 0 Å². The molecule has 1 aromatic heterocycles. The number of nitrogens with one attached hydrogen (secondary N) is 1. The number of pyridine rings is 1. The predicted molar refractivity (Wildman–Crippen MR) is 66.3 cm³/mol. The summed E-state index contributed by atoms with van der Waals surface area (Å²) in [6.45, 7) is 1.96. The number of amidine groups is 1. The summed E-state index contributed by atoms with van der Waals surface area (Å²) in [4.78, 5) is 8.58. The molecule has 0 saturated carbocycles. The molecule has 4 heteroatoms. The van der Waals surface area contributed by atoms with Crippen molar-refractivity contribution in [3.8, 4) is 0 Å². The monoisotopic (exact) mass is 214 g/mol. The van der Waals surface area contributed by atoms with E-state index < -0.39 is 0 Å². The summed E-state index contributed by atoms with van der Waals surface area (Å²) in [7, 11) is 1.71. The van der Waals surface area contributed by atoms with Crippen molar-refractivity contribution in [2.24, 2.45) is 10.8 Å². The van der Waals surface area contributed by atoms with Crippen molar-refractivity contribution in [1.82, 2.24) is 10.4 Å². The summed E-state index contributed by atoms with van der Waals surface area (Å²) in [5.41, 5.74) is 5.49. The third-order valence-electron chi connectivity index (χ3n) is 2.46. The molecule has 2 rings (SSSR count). The molecule has 0 spiro atoms. The number of fused-ring (bicyclic) bond motifs is 1. The van der Waals surface area contributed by atoms with Crippen molar-refractivity contribution >= 4 is 16.7 Å². The molecule has 16 heavy (non-hydrogen) atoms. The molecule has 1 aromatic carbocycles. The van der Waals surface area contributed by atoms with E-state index in [1.807, 2.05) is 37.3 Å². The van der Waals surface area contributed by atoms with Gasteiger partial charge in [0, 0.05) is 23.7 Å². The number of nitrogens with zero attached hydrogens (tertiary/aromatic N) is 2. The topological polar surface area (TPSA) is 63.3 Å². The summed E-state index contributed by atoms with van der Waals surface area (Å²) in [5.74, 6) is 6.12. The van der Waals surface area contributed by atoms with Crippen LogP contribution in [-0.4, -0.2) is 17.9 Å². The van der Waals surface area contributed by atoms with Crippen LogP contribution in [0, 0.1) is 6.92 Å². The lowest BCUT2D eigenvalue weighted by atomic mass is 10.1. The molecule has 1 heterocycles. The van der Waals surface area contributed by atoms with Crippen molar-refractivity contribution in [2.75, 3.05) is 7.05 Å². The third kappa shape index (κ3) is 1.75. The van der Waals surface area contributed by atoms with Crippen LogP contribution in [0.4, 0.5) is 0 Å². The van der Waals surface area contributed by atoms with Crippen molar-refractivity contribution in [2.45, 2.75) is 6.92 Å². The molecule has 0 bridgehead atoms. The minimum atomic E-state index is 0.668. The van der Waals surface area contributed by atoms with Crippen LogP contribution in [0.15, 0.2) is 35.3 Å². The number of nitrogens with two attached hydrogens (primary N) is 1. The molecule has 0 saturated heterocycles. The van der Waals surface area contributed by atoms with E-state index in [0.29, 0.717) is 5.84 Å². The Bertz CT molecular complexity index is 546. The van der Waals surface area contributed by atoms with Crippen LogP contribution in [0.1, 0.15) is 11.3 Å². The molecule has 0 fully saturated rings. The highest BCUT2D eigenvalue weighted by molar-refractivity contribution is 6.08. The molecular weight excluding hydrogens is 200 g/mol. The first-order valence-corrected chi connectivity index (χ1v) is 5.06. The fourth-order valence-electron chi connectivity index (χ4n) is 1.77. The number of aliphatic imine (C=N–C) groups is 1. The van der Waals surface area contributed by atoms with Gasteiger partial charge in [-0.15, -0.1) is 0 Å². The van der Waals surface area contributed by atoms with Gasteiger partial charge in [0.2, 0.25) is 0 Å². The fourth-order valence-corrected chi connectivity index (χ4v) is 1.77. The summed E-state index contributed by atoms with van der Waals surface area (Å²) < 4.78 is 0. The van der Waals surface area contributed by atoms with Crippen LogP contribution < -0.4 is 11.3 Å². The zero-order valence-electron chi connectivity index (χ0n) is 9.36. The van der Waals surface area contributed by atoms with Gasteiger partial charge < -0.3 is 5.43 Å². The van der Waals surface area contributed by atoms with Crippen LogP contribution in [0.3, 0.4) is 0 Å². The average molecular weight is 214 g/mol. The maximum Gasteiger partial charge on any atom is 0.142 e. The molecule has 0 aliphatic rings. The molecule has 0 unspecified atom stereocenters. The molecule has 0 aliphatic heterocycles. The van der Waals surface area contributed by atoms with Gasteiger partial charge in [-0.1, -0.05) is 18.2 Å². The maximum absolute atomic E-state index is 5.46. The fraction of sp³-hybridized carbons (Fsp3) is 0.167.